The molecule has 0 spiro atoms. The van der Waals surface area contributed by atoms with Crippen molar-refractivity contribution in [1.82, 2.24) is 5.27 Å². The first-order valence-corrected chi connectivity index (χ1v) is 4.55. The van der Waals surface area contributed by atoms with E-state index in [9.17, 15) is 4.79 Å². The quantitative estimate of drug-likeness (QED) is 0.696. The molecule has 2 N–H and O–H groups in total. The third kappa shape index (κ3) is 2.17. The first kappa shape index (κ1) is 10.2. The number of aromatic carboxylic acids is 1. The molecule has 0 amide bonds. The summed E-state index contributed by atoms with van der Waals surface area (Å²) in [5.41, 5.74) is 1.13. The van der Waals surface area contributed by atoms with Crippen molar-refractivity contribution in [2.45, 2.75) is 6.54 Å². The van der Waals surface area contributed by atoms with E-state index >= 15 is 0 Å². The van der Waals surface area contributed by atoms with Crippen LogP contribution >= 0.6 is 0 Å². The molecular formula is C10H9N3O3. The molecule has 0 saturated carbocycles. The number of carboxylic acid groups (broad SMARTS) is 1. The van der Waals surface area contributed by atoms with Gasteiger partial charge in [-0.15, -0.1) is 0 Å². The summed E-state index contributed by atoms with van der Waals surface area (Å²) < 4.78 is 6.05. The molecule has 0 atom stereocenters. The lowest BCUT2D eigenvalue weighted by atomic mass is 10.1. The lowest BCUT2D eigenvalue weighted by Gasteiger charge is -1.99. The number of carboxylic acids is 1. The van der Waals surface area contributed by atoms with Crippen LogP contribution in [0.5, 0.6) is 0 Å². The summed E-state index contributed by atoms with van der Waals surface area (Å²) in [6, 6.07) is 6.46. The molecule has 0 fully saturated rings. The summed E-state index contributed by atoms with van der Waals surface area (Å²) in [4.78, 5) is 10.6. The molecule has 0 aliphatic carbocycles. The van der Waals surface area contributed by atoms with E-state index in [2.05, 4.69) is 9.79 Å². The van der Waals surface area contributed by atoms with Gasteiger partial charge in [-0.25, -0.2) is 9.48 Å². The van der Waals surface area contributed by atoms with E-state index in [0.29, 0.717) is 6.54 Å². The molecule has 0 saturated heterocycles. The van der Waals surface area contributed by atoms with Gasteiger partial charge in [0.25, 0.3) is 5.55 Å². The van der Waals surface area contributed by atoms with Crippen LogP contribution in [0.1, 0.15) is 15.9 Å². The lowest BCUT2D eigenvalue weighted by Crippen LogP contribution is -2.37. The summed E-state index contributed by atoms with van der Waals surface area (Å²) in [6.07, 6.45) is 1.45. The number of hydrogen-bond donors (Lipinski definition) is 2. The molecule has 82 valence electrons. The molecule has 0 bridgehead atoms. The van der Waals surface area contributed by atoms with Gasteiger partial charge in [0, 0.05) is 5.56 Å². The maximum absolute atomic E-state index is 10.6. The Morgan fingerprint density at radius 3 is 2.62 bits per heavy atom. The molecule has 6 heteroatoms. The first-order chi connectivity index (χ1) is 7.65. The van der Waals surface area contributed by atoms with Crippen molar-refractivity contribution in [3.8, 4) is 0 Å². The van der Waals surface area contributed by atoms with Crippen molar-refractivity contribution in [2.24, 2.45) is 0 Å². The molecule has 16 heavy (non-hydrogen) atoms. The number of hydrogen-bond acceptors (Lipinski definition) is 3. The van der Waals surface area contributed by atoms with E-state index in [0.717, 1.165) is 5.56 Å². The maximum Gasteiger partial charge on any atom is 0.335 e. The van der Waals surface area contributed by atoms with Crippen LogP contribution in [-0.4, -0.2) is 11.1 Å². The second kappa shape index (κ2) is 4.01. The van der Waals surface area contributed by atoms with Gasteiger partial charge in [0.1, 0.15) is 0 Å². The minimum atomic E-state index is -0.950. The molecule has 2 rings (SSSR count). The molecule has 0 aliphatic heterocycles. The van der Waals surface area contributed by atoms with Crippen LogP contribution in [0.2, 0.25) is 0 Å². The first-order valence-electron chi connectivity index (χ1n) is 4.55. The van der Waals surface area contributed by atoms with Crippen LogP contribution in [0.15, 0.2) is 35.0 Å². The predicted octanol–water partition coefficient (Wildman–Crippen LogP) is -0.250. The van der Waals surface area contributed by atoms with E-state index in [1.807, 2.05) is 0 Å². The van der Waals surface area contributed by atoms with Crippen LogP contribution < -0.4 is 15.5 Å². The normalized spacial score (nSPS) is 10.2. The fraction of sp³-hybridized carbons (Fsp3) is 0.100. The molecular weight excluding hydrogens is 210 g/mol. The van der Waals surface area contributed by atoms with Gasteiger partial charge in [-0.3, -0.25) is 10.7 Å². The highest BCUT2D eigenvalue weighted by Gasteiger charge is 2.03. The van der Waals surface area contributed by atoms with Crippen LogP contribution in [0.25, 0.3) is 0 Å². The van der Waals surface area contributed by atoms with Crippen molar-refractivity contribution < 1.29 is 19.1 Å². The van der Waals surface area contributed by atoms with Gasteiger partial charge in [-0.1, -0.05) is 12.1 Å². The Balaban J connectivity index is 2.17. The number of rotatable bonds is 3. The molecule has 2 aromatic rings. The Hall–Kier alpha value is -2.37. The van der Waals surface area contributed by atoms with Crippen molar-refractivity contribution in [3.63, 3.8) is 0 Å². The SMILES string of the molecule is N=c1c[n+](Cc2ccc(C(=O)O)cc2)[n-]o1. The van der Waals surface area contributed by atoms with Gasteiger partial charge in [0.2, 0.25) is 6.20 Å². The molecule has 1 aromatic carbocycles. The third-order valence-electron chi connectivity index (χ3n) is 2.06. The Morgan fingerprint density at radius 1 is 1.44 bits per heavy atom. The fourth-order valence-electron chi connectivity index (χ4n) is 1.29. The molecule has 0 aliphatic rings. The minimum Gasteiger partial charge on any atom is -0.487 e. The third-order valence-corrected chi connectivity index (χ3v) is 2.06. The van der Waals surface area contributed by atoms with Gasteiger partial charge in [0.15, 0.2) is 6.54 Å². The largest absolute Gasteiger partial charge is 0.487 e. The predicted molar refractivity (Wildman–Crippen MR) is 50.6 cm³/mol. The van der Waals surface area contributed by atoms with E-state index in [-0.39, 0.29) is 11.1 Å². The Kier molecular flexibility index (Phi) is 2.55. The maximum atomic E-state index is 10.6. The van der Waals surface area contributed by atoms with E-state index in [4.69, 9.17) is 10.5 Å². The Morgan fingerprint density at radius 2 is 2.12 bits per heavy atom. The number of nitrogens with one attached hydrogen (secondary N) is 1. The summed E-state index contributed by atoms with van der Waals surface area (Å²) in [5, 5.41) is 19.5. The van der Waals surface area contributed by atoms with Crippen molar-refractivity contribution in [1.29, 1.82) is 5.41 Å². The smallest absolute Gasteiger partial charge is 0.335 e. The van der Waals surface area contributed by atoms with Gasteiger partial charge >= 0.3 is 5.97 Å². The van der Waals surface area contributed by atoms with E-state index in [1.54, 1.807) is 12.1 Å². The zero-order chi connectivity index (χ0) is 11.5. The summed E-state index contributed by atoms with van der Waals surface area (Å²) in [6.45, 7) is 0.447. The van der Waals surface area contributed by atoms with Crippen LogP contribution in [-0.2, 0) is 6.54 Å². The van der Waals surface area contributed by atoms with Crippen LogP contribution in [0.4, 0.5) is 0 Å². The van der Waals surface area contributed by atoms with E-state index < -0.39 is 5.97 Å². The van der Waals surface area contributed by atoms with Crippen molar-refractivity contribution in [2.75, 3.05) is 0 Å². The van der Waals surface area contributed by atoms with Gasteiger partial charge in [0.05, 0.1) is 5.56 Å². The van der Waals surface area contributed by atoms with Crippen molar-refractivity contribution in [3.05, 3.63) is 47.1 Å². The van der Waals surface area contributed by atoms with Gasteiger partial charge in [-0.2, -0.15) is 0 Å². The zero-order valence-electron chi connectivity index (χ0n) is 8.25. The number of nitrogens with zero attached hydrogens (tertiary/aromatic N) is 2. The number of aromatic nitrogens is 2. The molecule has 0 radical (unpaired) electrons. The van der Waals surface area contributed by atoms with Crippen LogP contribution in [0, 0.1) is 5.41 Å². The number of carbonyl (C=O) groups is 1. The van der Waals surface area contributed by atoms with E-state index in [1.165, 1.54) is 23.0 Å². The fourth-order valence-corrected chi connectivity index (χ4v) is 1.29. The average molecular weight is 219 g/mol. The summed E-state index contributed by atoms with van der Waals surface area (Å²) in [5.74, 6) is -0.950. The number of benzene rings is 1. The van der Waals surface area contributed by atoms with Crippen LogP contribution in [0.3, 0.4) is 0 Å². The molecule has 1 aromatic heterocycles. The monoisotopic (exact) mass is 219 g/mol. The Labute approximate surface area is 90.2 Å². The summed E-state index contributed by atoms with van der Waals surface area (Å²) in [7, 11) is 0. The average Bonchev–Trinajstić information content (AvgIpc) is 2.65. The zero-order valence-corrected chi connectivity index (χ0v) is 8.25. The molecule has 1 heterocycles. The Bertz CT molecular complexity index is 553. The highest BCUT2D eigenvalue weighted by atomic mass is 16.5. The second-order valence-electron chi connectivity index (χ2n) is 3.27. The minimum absolute atomic E-state index is 0.0119. The highest BCUT2D eigenvalue weighted by Crippen LogP contribution is 2.03. The van der Waals surface area contributed by atoms with Gasteiger partial charge in [-0.05, 0) is 12.1 Å². The van der Waals surface area contributed by atoms with Crippen molar-refractivity contribution >= 4 is 5.97 Å². The second-order valence-corrected chi connectivity index (χ2v) is 3.27. The van der Waals surface area contributed by atoms with Gasteiger partial charge < -0.3 is 9.63 Å². The summed E-state index contributed by atoms with van der Waals surface area (Å²) >= 11 is 0. The standard InChI is InChI=1S/C10H9N3O3/c11-9-6-13(12-16-9)5-7-1-3-8(4-2-7)10(14)15/h1-4,6,11H,5H2,(H,14,15). The molecule has 0 unspecified atom stereocenters. The lowest BCUT2D eigenvalue weighted by molar-refractivity contribution is -0.760. The molecule has 6 nitrogen and oxygen atoms in total. The topological polar surface area (TPSA) is 92.3 Å². The highest BCUT2D eigenvalue weighted by molar-refractivity contribution is 5.87.